The first-order chi connectivity index (χ1) is 12.8. The molecule has 2 aromatic rings. The molecule has 0 fully saturated rings. The number of carbonyl (C=O) groups excluding carboxylic acids is 4. The van der Waals surface area contributed by atoms with Gasteiger partial charge in [-0.05, 0) is 42.3 Å². The molecular formula is C19H18N2O6. The summed E-state index contributed by atoms with van der Waals surface area (Å²) in [5, 5.41) is 1.84. The van der Waals surface area contributed by atoms with Gasteiger partial charge in [0.05, 0.1) is 5.56 Å². The highest BCUT2D eigenvalue weighted by Crippen LogP contribution is 2.23. The molecular weight excluding hydrogens is 352 g/mol. The second kappa shape index (κ2) is 8.61. The maximum absolute atomic E-state index is 12.1. The minimum Gasteiger partial charge on any atom is -0.449 e. The maximum atomic E-state index is 12.1. The van der Waals surface area contributed by atoms with Gasteiger partial charge in [-0.25, -0.2) is 9.59 Å². The SMILES string of the molecule is CC(=O)Oc1ccc(-c2ccc(C(=O)O[C@H](C)C(=O)NC(N)=O)cc2)cc1. The van der Waals surface area contributed by atoms with Crippen molar-refractivity contribution in [1.82, 2.24) is 5.32 Å². The van der Waals surface area contributed by atoms with Gasteiger partial charge in [0.1, 0.15) is 5.75 Å². The van der Waals surface area contributed by atoms with E-state index in [2.05, 4.69) is 0 Å². The topological polar surface area (TPSA) is 125 Å². The minimum atomic E-state index is -1.17. The van der Waals surface area contributed by atoms with Crippen molar-refractivity contribution in [3.8, 4) is 16.9 Å². The zero-order chi connectivity index (χ0) is 20.0. The van der Waals surface area contributed by atoms with Crippen LogP contribution in [0.3, 0.4) is 0 Å². The molecule has 140 valence electrons. The summed E-state index contributed by atoms with van der Waals surface area (Å²) < 4.78 is 9.96. The molecule has 0 saturated carbocycles. The molecule has 8 heteroatoms. The second-order valence-corrected chi connectivity index (χ2v) is 5.60. The quantitative estimate of drug-likeness (QED) is 0.613. The van der Waals surface area contributed by atoms with E-state index in [1.165, 1.54) is 13.8 Å². The van der Waals surface area contributed by atoms with Crippen molar-refractivity contribution in [2.24, 2.45) is 5.73 Å². The number of rotatable bonds is 5. The molecule has 2 aromatic carbocycles. The number of nitrogens with one attached hydrogen (secondary N) is 1. The van der Waals surface area contributed by atoms with Gasteiger partial charge in [-0.3, -0.25) is 14.9 Å². The summed E-state index contributed by atoms with van der Waals surface area (Å²) >= 11 is 0. The van der Waals surface area contributed by atoms with Crippen LogP contribution in [0.4, 0.5) is 4.79 Å². The highest BCUT2D eigenvalue weighted by atomic mass is 16.5. The number of primary amides is 1. The van der Waals surface area contributed by atoms with E-state index in [1.54, 1.807) is 48.5 Å². The molecule has 0 aliphatic carbocycles. The Morgan fingerprint density at radius 2 is 1.44 bits per heavy atom. The van der Waals surface area contributed by atoms with Crippen molar-refractivity contribution in [1.29, 1.82) is 0 Å². The molecule has 0 saturated heterocycles. The van der Waals surface area contributed by atoms with Crippen LogP contribution in [0.15, 0.2) is 48.5 Å². The molecule has 0 aromatic heterocycles. The van der Waals surface area contributed by atoms with Crippen LogP contribution in [0.25, 0.3) is 11.1 Å². The van der Waals surface area contributed by atoms with Crippen LogP contribution < -0.4 is 15.8 Å². The smallest absolute Gasteiger partial charge is 0.338 e. The van der Waals surface area contributed by atoms with E-state index in [0.29, 0.717) is 5.75 Å². The zero-order valence-electron chi connectivity index (χ0n) is 14.7. The number of nitrogens with two attached hydrogens (primary N) is 1. The van der Waals surface area contributed by atoms with Crippen LogP contribution in [0.1, 0.15) is 24.2 Å². The third-order valence-electron chi connectivity index (χ3n) is 3.47. The lowest BCUT2D eigenvalue weighted by atomic mass is 10.0. The Labute approximate surface area is 155 Å². The Balaban J connectivity index is 2.03. The summed E-state index contributed by atoms with van der Waals surface area (Å²) in [7, 11) is 0. The molecule has 0 unspecified atom stereocenters. The van der Waals surface area contributed by atoms with E-state index >= 15 is 0 Å². The number of hydrogen-bond acceptors (Lipinski definition) is 6. The Bertz CT molecular complexity index is 859. The van der Waals surface area contributed by atoms with Gasteiger partial charge in [0, 0.05) is 6.92 Å². The van der Waals surface area contributed by atoms with Crippen molar-refractivity contribution >= 4 is 23.9 Å². The average Bonchev–Trinajstić information content (AvgIpc) is 2.61. The summed E-state index contributed by atoms with van der Waals surface area (Å²) in [6.45, 7) is 2.65. The molecule has 0 aliphatic rings. The molecule has 3 amide bonds. The number of esters is 2. The highest BCUT2D eigenvalue weighted by Gasteiger charge is 2.20. The minimum absolute atomic E-state index is 0.244. The Hall–Kier alpha value is -3.68. The first-order valence-corrected chi connectivity index (χ1v) is 7.96. The molecule has 1 atom stereocenters. The third kappa shape index (κ3) is 5.67. The average molecular weight is 370 g/mol. The Kier molecular flexibility index (Phi) is 6.27. The first kappa shape index (κ1) is 19.6. The predicted octanol–water partition coefficient (Wildman–Crippen LogP) is 2.02. The van der Waals surface area contributed by atoms with E-state index in [-0.39, 0.29) is 5.56 Å². The largest absolute Gasteiger partial charge is 0.449 e. The van der Waals surface area contributed by atoms with Crippen molar-refractivity contribution in [2.45, 2.75) is 20.0 Å². The van der Waals surface area contributed by atoms with E-state index in [4.69, 9.17) is 15.2 Å². The molecule has 0 radical (unpaired) electrons. The van der Waals surface area contributed by atoms with Crippen molar-refractivity contribution in [3.63, 3.8) is 0 Å². The van der Waals surface area contributed by atoms with Gasteiger partial charge in [-0.15, -0.1) is 0 Å². The van der Waals surface area contributed by atoms with Gasteiger partial charge in [0.15, 0.2) is 6.10 Å². The fourth-order valence-corrected chi connectivity index (χ4v) is 2.19. The molecule has 0 spiro atoms. The highest BCUT2D eigenvalue weighted by molar-refractivity contribution is 5.98. The van der Waals surface area contributed by atoms with Crippen LogP contribution in [0.5, 0.6) is 5.75 Å². The van der Waals surface area contributed by atoms with E-state index in [0.717, 1.165) is 11.1 Å². The second-order valence-electron chi connectivity index (χ2n) is 5.60. The fourth-order valence-electron chi connectivity index (χ4n) is 2.19. The number of amides is 3. The van der Waals surface area contributed by atoms with Gasteiger partial charge < -0.3 is 15.2 Å². The Morgan fingerprint density at radius 3 is 1.93 bits per heavy atom. The summed E-state index contributed by atoms with van der Waals surface area (Å²) in [4.78, 5) is 45.2. The van der Waals surface area contributed by atoms with Crippen LogP contribution >= 0.6 is 0 Å². The number of benzene rings is 2. The maximum Gasteiger partial charge on any atom is 0.338 e. The summed E-state index contributed by atoms with van der Waals surface area (Å²) in [5.41, 5.74) is 6.78. The van der Waals surface area contributed by atoms with Crippen LogP contribution in [-0.2, 0) is 14.3 Å². The molecule has 8 nitrogen and oxygen atoms in total. The first-order valence-electron chi connectivity index (χ1n) is 7.96. The molecule has 0 aliphatic heterocycles. The van der Waals surface area contributed by atoms with Crippen LogP contribution in [0, 0.1) is 0 Å². The molecule has 3 N–H and O–H groups in total. The number of ether oxygens (including phenoxy) is 2. The Morgan fingerprint density at radius 1 is 0.926 bits per heavy atom. The van der Waals surface area contributed by atoms with Gasteiger partial charge in [-0.1, -0.05) is 24.3 Å². The van der Waals surface area contributed by atoms with Crippen molar-refractivity contribution < 1.29 is 28.7 Å². The monoisotopic (exact) mass is 370 g/mol. The number of urea groups is 1. The van der Waals surface area contributed by atoms with Gasteiger partial charge in [0.25, 0.3) is 5.91 Å². The normalized spacial score (nSPS) is 11.2. The zero-order valence-corrected chi connectivity index (χ0v) is 14.7. The third-order valence-corrected chi connectivity index (χ3v) is 3.47. The van der Waals surface area contributed by atoms with Crippen LogP contribution in [0.2, 0.25) is 0 Å². The van der Waals surface area contributed by atoms with Crippen molar-refractivity contribution in [2.75, 3.05) is 0 Å². The van der Waals surface area contributed by atoms with E-state index in [9.17, 15) is 19.2 Å². The van der Waals surface area contributed by atoms with Gasteiger partial charge >= 0.3 is 18.0 Å². The molecule has 0 heterocycles. The molecule has 27 heavy (non-hydrogen) atoms. The van der Waals surface area contributed by atoms with E-state index < -0.39 is 30.0 Å². The lowest BCUT2D eigenvalue weighted by Crippen LogP contribution is -2.42. The van der Waals surface area contributed by atoms with E-state index in [1.807, 2.05) is 5.32 Å². The fraction of sp³-hybridized carbons (Fsp3) is 0.158. The number of carbonyl (C=O) groups is 4. The van der Waals surface area contributed by atoms with Gasteiger partial charge in [-0.2, -0.15) is 0 Å². The molecule has 0 bridgehead atoms. The van der Waals surface area contributed by atoms with Crippen molar-refractivity contribution in [3.05, 3.63) is 54.1 Å². The molecule has 2 rings (SSSR count). The lowest BCUT2D eigenvalue weighted by molar-refractivity contribution is -0.132. The van der Waals surface area contributed by atoms with Crippen LogP contribution in [-0.4, -0.2) is 30.0 Å². The lowest BCUT2D eigenvalue weighted by Gasteiger charge is -2.12. The summed E-state index contributed by atoms with van der Waals surface area (Å²) in [5.74, 6) is -1.47. The predicted molar refractivity (Wildman–Crippen MR) is 95.8 cm³/mol. The van der Waals surface area contributed by atoms with Gasteiger partial charge in [0.2, 0.25) is 0 Å². The standard InChI is InChI=1S/C19H18N2O6/c1-11(17(23)21-19(20)25)26-18(24)15-5-3-13(4-6-15)14-7-9-16(10-8-14)27-12(2)22/h3-11H,1-2H3,(H3,20,21,23,25)/t11-/m1/s1. The summed E-state index contributed by atoms with van der Waals surface area (Å²) in [6, 6.07) is 12.4. The summed E-state index contributed by atoms with van der Waals surface area (Å²) in [6.07, 6.45) is -1.17. The number of hydrogen-bond donors (Lipinski definition) is 2. The number of imide groups is 1.